The monoisotopic (exact) mass is 337 g/mol. The van der Waals surface area contributed by atoms with Crippen molar-refractivity contribution in [2.45, 2.75) is 33.1 Å². The molecular weight excluding hydrogens is 314 g/mol. The molecule has 5 nitrogen and oxygen atoms in total. The highest BCUT2D eigenvalue weighted by Gasteiger charge is 2.32. The average molecular weight is 337 g/mol. The van der Waals surface area contributed by atoms with Crippen LogP contribution in [0.4, 0.5) is 0 Å². The molecular formula is C20H23N3O2. The van der Waals surface area contributed by atoms with Gasteiger partial charge in [-0.1, -0.05) is 24.6 Å². The first kappa shape index (κ1) is 18.6. The number of aromatic nitrogens is 1. The highest BCUT2D eigenvalue weighted by atomic mass is 16.2. The summed E-state index contributed by atoms with van der Waals surface area (Å²) in [6.07, 6.45) is 9.50. The van der Waals surface area contributed by atoms with Crippen LogP contribution in [0.1, 0.15) is 44.4 Å². The van der Waals surface area contributed by atoms with Crippen LogP contribution in [-0.4, -0.2) is 23.2 Å². The molecule has 1 aromatic heterocycles. The maximum atomic E-state index is 12.6. The molecule has 2 unspecified atom stereocenters. The van der Waals surface area contributed by atoms with E-state index in [-0.39, 0.29) is 30.1 Å². The number of nitrogens with zero attached hydrogens (tertiary/aromatic N) is 2. The number of carbonyl (C=O) groups is 2. The van der Waals surface area contributed by atoms with Crippen LogP contribution in [0.25, 0.3) is 11.6 Å². The van der Waals surface area contributed by atoms with Crippen molar-refractivity contribution < 1.29 is 9.59 Å². The number of Topliss-reactive ketones (excluding diaryl/α,β-unsaturated/α-hetero) is 1. The van der Waals surface area contributed by atoms with Gasteiger partial charge in [0.15, 0.2) is 5.78 Å². The average Bonchev–Trinajstić information content (AvgIpc) is 3.11. The number of rotatable bonds is 6. The van der Waals surface area contributed by atoms with Gasteiger partial charge in [0, 0.05) is 23.3 Å². The van der Waals surface area contributed by atoms with Crippen molar-refractivity contribution in [2.75, 3.05) is 6.54 Å². The first-order chi connectivity index (χ1) is 12.1. The van der Waals surface area contributed by atoms with E-state index in [4.69, 9.17) is 5.26 Å². The van der Waals surface area contributed by atoms with Crippen LogP contribution in [-0.2, 0) is 9.59 Å². The van der Waals surface area contributed by atoms with Crippen molar-refractivity contribution in [3.63, 3.8) is 0 Å². The van der Waals surface area contributed by atoms with E-state index in [2.05, 4.69) is 16.4 Å². The zero-order chi connectivity index (χ0) is 18.2. The van der Waals surface area contributed by atoms with E-state index in [1.807, 2.05) is 25.1 Å². The second-order valence-corrected chi connectivity index (χ2v) is 6.06. The molecule has 2 rings (SSSR count). The smallest absolute Gasteiger partial charge is 0.251 e. The second-order valence-electron chi connectivity index (χ2n) is 6.06. The molecule has 130 valence electrons. The van der Waals surface area contributed by atoms with Crippen molar-refractivity contribution in [2.24, 2.45) is 11.8 Å². The van der Waals surface area contributed by atoms with Gasteiger partial charge in [0.25, 0.3) is 5.91 Å². The largest absolute Gasteiger partial charge is 0.345 e. The SMILES string of the molecule is C/C=C\c1ncccc1/C(=C\C)C(=O)NCC(=O)C1CCCC1C#N. The Bertz CT molecular complexity index is 744. The molecule has 5 heteroatoms. The van der Waals surface area contributed by atoms with Gasteiger partial charge < -0.3 is 5.32 Å². The molecule has 1 N–H and O–H groups in total. The lowest BCUT2D eigenvalue weighted by Gasteiger charge is -2.14. The molecule has 1 fully saturated rings. The predicted molar refractivity (Wildman–Crippen MR) is 97.1 cm³/mol. The molecule has 0 saturated heterocycles. The summed E-state index contributed by atoms with van der Waals surface area (Å²) >= 11 is 0. The van der Waals surface area contributed by atoms with Gasteiger partial charge in [0.05, 0.1) is 24.2 Å². The highest BCUT2D eigenvalue weighted by Crippen LogP contribution is 2.31. The summed E-state index contributed by atoms with van der Waals surface area (Å²) in [6.45, 7) is 3.63. The lowest BCUT2D eigenvalue weighted by Crippen LogP contribution is -2.34. The van der Waals surface area contributed by atoms with E-state index in [1.54, 1.807) is 25.3 Å². The van der Waals surface area contributed by atoms with Crippen LogP contribution in [0.5, 0.6) is 0 Å². The minimum absolute atomic E-state index is 0.0434. The van der Waals surface area contributed by atoms with Crippen LogP contribution < -0.4 is 5.32 Å². The Balaban J connectivity index is 2.07. The van der Waals surface area contributed by atoms with Crippen molar-refractivity contribution in [3.05, 3.63) is 41.7 Å². The van der Waals surface area contributed by atoms with E-state index in [9.17, 15) is 9.59 Å². The van der Waals surface area contributed by atoms with Gasteiger partial charge in [-0.3, -0.25) is 14.6 Å². The van der Waals surface area contributed by atoms with Crippen LogP contribution in [0.2, 0.25) is 0 Å². The Morgan fingerprint density at radius 3 is 2.88 bits per heavy atom. The van der Waals surface area contributed by atoms with Crippen molar-refractivity contribution in [1.82, 2.24) is 10.3 Å². The fourth-order valence-corrected chi connectivity index (χ4v) is 3.24. The number of pyridine rings is 1. The molecule has 0 spiro atoms. The van der Waals surface area contributed by atoms with E-state index >= 15 is 0 Å². The molecule has 1 aliphatic carbocycles. The highest BCUT2D eigenvalue weighted by molar-refractivity contribution is 6.20. The third kappa shape index (κ3) is 4.42. The predicted octanol–water partition coefficient (Wildman–Crippen LogP) is 3.14. The van der Waals surface area contributed by atoms with Gasteiger partial charge in [-0.05, 0) is 38.8 Å². The summed E-state index contributed by atoms with van der Waals surface area (Å²) in [4.78, 5) is 29.2. The summed E-state index contributed by atoms with van der Waals surface area (Å²) in [6, 6.07) is 5.82. The molecule has 0 bridgehead atoms. The first-order valence-electron chi connectivity index (χ1n) is 8.57. The number of carbonyl (C=O) groups excluding carboxylic acids is 2. The topological polar surface area (TPSA) is 82.8 Å². The molecule has 1 amide bonds. The van der Waals surface area contributed by atoms with Gasteiger partial charge in [-0.15, -0.1) is 0 Å². The quantitative estimate of drug-likeness (QED) is 0.808. The lowest BCUT2D eigenvalue weighted by atomic mass is 9.93. The number of nitrogens with one attached hydrogen (secondary N) is 1. The van der Waals surface area contributed by atoms with Gasteiger partial charge in [-0.25, -0.2) is 0 Å². The molecule has 1 saturated carbocycles. The first-order valence-corrected chi connectivity index (χ1v) is 8.57. The molecule has 1 aliphatic rings. The zero-order valence-electron chi connectivity index (χ0n) is 14.7. The summed E-state index contributed by atoms with van der Waals surface area (Å²) < 4.78 is 0. The molecule has 0 radical (unpaired) electrons. The normalized spacial score (nSPS) is 20.4. The third-order valence-corrected chi connectivity index (χ3v) is 4.51. The summed E-state index contributed by atoms with van der Waals surface area (Å²) in [5.74, 6) is -0.838. The molecule has 25 heavy (non-hydrogen) atoms. The lowest BCUT2D eigenvalue weighted by molar-refractivity contribution is -0.125. The van der Waals surface area contributed by atoms with Crippen molar-refractivity contribution in [1.29, 1.82) is 5.26 Å². The molecule has 0 aliphatic heterocycles. The van der Waals surface area contributed by atoms with Crippen LogP contribution in [0, 0.1) is 23.2 Å². The standard InChI is InChI=1S/C20H23N3O2/c1-3-7-18-17(10-6-11-22-18)15(4-2)20(25)23-13-19(24)16-9-5-8-14(16)12-21/h3-4,6-7,10-11,14,16H,5,8-9,13H2,1-2H3,(H,23,25)/b7-3-,15-4+. The van der Waals surface area contributed by atoms with Gasteiger partial charge in [-0.2, -0.15) is 5.26 Å². The zero-order valence-corrected chi connectivity index (χ0v) is 14.7. The number of ketones is 1. The number of nitriles is 1. The minimum Gasteiger partial charge on any atom is -0.345 e. The van der Waals surface area contributed by atoms with E-state index < -0.39 is 0 Å². The summed E-state index contributed by atoms with van der Waals surface area (Å²) in [5, 5.41) is 11.8. The van der Waals surface area contributed by atoms with Crippen LogP contribution in [0.3, 0.4) is 0 Å². The van der Waals surface area contributed by atoms with Crippen LogP contribution in [0.15, 0.2) is 30.5 Å². The molecule has 0 aromatic carbocycles. The summed E-state index contributed by atoms with van der Waals surface area (Å²) in [5.41, 5.74) is 1.92. The van der Waals surface area contributed by atoms with E-state index in [0.29, 0.717) is 11.3 Å². The number of allylic oxidation sites excluding steroid dienone is 2. The number of hydrogen-bond acceptors (Lipinski definition) is 4. The fraction of sp³-hybridized carbons (Fsp3) is 0.400. The van der Waals surface area contributed by atoms with E-state index in [1.165, 1.54) is 0 Å². The van der Waals surface area contributed by atoms with Crippen LogP contribution >= 0.6 is 0 Å². The number of hydrogen-bond donors (Lipinski definition) is 1. The summed E-state index contributed by atoms with van der Waals surface area (Å²) in [7, 11) is 0. The Morgan fingerprint density at radius 2 is 2.20 bits per heavy atom. The maximum absolute atomic E-state index is 12.6. The Hall–Kier alpha value is -2.74. The Labute approximate surface area is 148 Å². The van der Waals surface area contributed by atoms with Gasteiger partial charge in [0.2, 0.25) is 0 Å². The number of amides is 1. The Morgan fingerprint density at radius 1 is 1.40 bits per heavy atom. The fourth-order valence-electron chi connectivity index (χ4n) is 3.24. The molecule has 2 atom stereocenters. The third-order valence-electron chi connectivity index (χ3n) is 4.51. The van der Waals surface area contributed by atoms with Gasteiger partial charge >= 0.3 is 0 Å². The van der Waals surface area contributed by atoms with E-state index in [0.717, 1.165) is 24.8 Å². The molecule has 1 aromatic rings. The second kappa shape index (κ2) is 8.93. The minimum atomic E-state index is -0.305. The van der Waals surface area contributed by atoms with Crippen molar-refractivity contribution in [3.8, 4) is 6.07 Å². The maximum Gasteiger partial charge on any atom is 0.251 e. The molecule has 1 heterocycles. The Kier molecular flexibility index (Phi) is 6.64. The van der Waals surface area contributed by atoms with Crippen molar-refractivity contribution >= 4 is 23.3 Å². The van der Waals surface area contributed by atoms with Gasteiger partial charge in [0.1, 0.15) is 0 Å².